The van der Waals surface area contributed by atoms with Gasteiger partial charge in [0.05, 0.1) is 19.2 Å². The van der Waals surface area contributed by atoms with Crippen LogP contribution in [0.5, 0.6) is 5.75 Å². The van der Waals surface area contributed by atoms with Crippen molar-refractivity contribution in [2.75, 3.05) is 25.1 Å². The largest absolute Gasteiger partial charge is 0.497 e. The number of carbonyl (C=O) groups is 2. The second-order valence-corrected chi connectivity index (χ2v) is 7.14. The summed E-state index contributed by atoms with van der Waals surface area (Å²) in [5, 5.41) is 3.61. The Morgan fingerprint density at radius 1 is 1.17 bits per heavy atom. The number of ether oxygens (including phenoxy) is 1. The molecule has 0 unspecified atom stereocenters. The number of carbonyl (C=O) groups excluding carboxylic acids is 2. The monoisotopic (exact) mass is 411 g/mol. The van der Waals surface area contributed by atoms with Crippen LogP contribution in [-0.2, 0) is 16.0 Å². The van der Waals surface area contributed by atoms with E-state index in [1.807, 2.05) is 54.3 Å². The van der Waals surface area contributed by atoms with Gasteiger partial charge in [0.25, 0.3) is 5.91 Å². The number of rotatable bonds is 7. The number of thiocarbonyl (C=S) groups is 1. The predicted molar refractivity (Wildman–Crippen MR) is 117 cm³/mol. The highest BCUT2D eigenvalue weighted by Gasteiger charge is 2.43. The van der Waals surface area contributed by atoms with Crippen LogP contribution < -0.4 is 15.0 Å². The molecule has 0 aliphatic carbocycles. The summed E-state index contributed by atoms with van der Waals surface area (Å²) < 4.78 is 5.20. The number of benzene rings is 2. The van der Waals surface area contributed by atoms with Gasteiger partial charge in [0, 0.05) is 13.1 Å². The molecule has 3 rings (SSSR count). The Balaban J connectivity index is 1.78. The molecule has 152 valence electrons. The summed E-state index contributed by atoms with van der Waals surface area (Å²) in [6.07, 6.45) is 0.806. The Morgan fingerprint density at radius 3 is 2.48 bits per heavy atom. The molecular formula is C22H25N3O3S. The molecule has 1 atom stereocenters. The van der Waals surface area contributed by atoms with Crippen LogP contribution in [0, 0.1) is 0 Å². The highest BCUT2D eigenvalue weighted by molar-refractivity contribution is 7.80. The van der Waals surface area contributed by atoms with Gasteiger partial charge >= 0.3 is 0 Å². The molecule has 0 bridgehead atoms. The zero-order chi connectivity index (χ0) is 20.8. The van der Waals surface area contributed by atoms with Crippen LogP contribution in [0.1, 0.15) is 18.9 Å². The van der Waals surface area contributed by atoms with Crippen molar-refractivity contribution in [3.05, 3.63) is 60.2 Å². The summed E-state index contributed by atoms with van der Waals surface area (Å²) in [6, 6.07) is 16.2. The van der Waals surface area contributed by atoms with E-state index >= 15 is 0 Å². The average Bonchev–Trinajstić information content (AvgIpc) is 3.03. The molecule has 2 aromatic rings. The van der Waals surface area contributed by atoms with Gasteiger partial charge in [0.2, 0.25) is 5.91 Å². The van der Waals surface area contributed by atoms with Crippen LogP contribution in [0.2, 0.25) is 0 Å². The number of hydrogen-bond donors (Lipinski definition) is 1. The Morgan fingerprint density at radius 2 is 1.86 bits per heavy atom. The second kappa shape index (κ2) is 9.52. The van der Waals surface area contributed by atoms with E-state index in [2.05, 4.69) is 5.32 Å². The number of anilines is 1. The van der Waals surface area contributed by atoms with Crippen LogP contribution in [-0.4, -0.2) is 48.1 Å². The third kappa shape index (κ3) is 4.74. The molecule has 1 heterocycles. The van der Waals surface area contributed by atoms with E-state index in [9.17, 15) is 9.59 Å². The lowest BCUT2D eigenvalue weighted by Gasteiger charge is -2.30. The standard InChI is InChI=1S/C22H25N3O3S/c1-3-23-22(29)24(14-13-16-9-11-18(28-2)12-10-16)19-15-20(26)25(21(19)27)17-7-5-4-6-8-17/h4-12,19H,3,13-15H2,1-2H3,(H,23,29)/t19-/m1/s1. The molecule has 1 aliphatic rings. The van der Waals surface area contributed by atoms with E-state index in [0.29, 0.717) is 30.3 Å². The molecule has 6 nitrogen and oxygen atoms in total. The van der Waals surface area contributed by atoms with Crippen LogP contribution >= 0.6 is 12.2 Å². The summed E-state index contributed by atoms with van der Waals surface area (Å²) in [5.41, 5.74) is 1.70. The maximum absolute atomic E-state index is 13.1. The van der Waals surface area contributed by atoms with E-state index < -0.39 is 6.04 Å². The van der Waals surface area contributed by atoms with Crippen LogP contribution in [0.25, 0.3) is 0 Å². The molecule has 1 saturated heterocycles. The van der Waals surface area contributed by atoms with Crippen LogP contribution in [0.15, 0.2) is 54.6 Å². The lowest BCUT2D eigenvalue weighted by molar-refractivity contribution is -0.122. The van der Waals surface area contributed by atoms with E-state index in [-0.39, 0.29) is 18.2 Å². The summed E-state index contributed by atoms with van der Waals surface area (Å²) in [4.78, 5) is 28.8. The summed E-state index contributed by atoms with van der Waals surface area (Å²) in [5.74, 6) is 0.347. The lowest BCUT2D eigenvalue weighted by atomic mass is 10.1. The highest BCUT2D eigenvalue weighted by Crippen LogP contribution is 2.26. The first-order valence-corrected chi connectivity index (χ1v) is 10.0. The quantitative estimate of drug-likeness (QED) is 0.558. The molecular weight excluding hydrogens is 386 g/mol. The number of hydrogen-bond acceptors (Lipinski definition) is 4. The van der Waals surface area contributed by atoms with Gasteiger partial charge in [0.1, 0.15) is 11.8 Å². The van der Waals surface area contributed by atoms with Crippen molar-refractivity contribution < 1.29 is 14.3 Å². The molecule has 0 aromatic heterocycles. The molecule has 2 amide bonds. The van der Waals surface area contributed by atoms with Gasteiger partial charge in [-0.3, -0.25) is 9.59 Å². The van der Waals surface area contributed by atoms with E-state index in [1.165, 1.54) is 4.90 Å². The number of methoxy groups -OCH3 is 1. The van der Waals surface area contributed by atoms with Gasteiger partial charge in [0.15, 0.2) is 5.11 Å². The maximum Gasteiger partial charge on any atom is 0.257 e. The van der Waals surface area contributed by atoms with Crippen molar-refractivity contribution in [3.8, 4) is 5.75 Å². The van der Waals surface area contributed by atoms with E-state index in [4.69, 9.17) is 17.0 Å². The lowest BCUT2D eigenvalue weighted by Crippen LogP contribution is -2.50. The van der Waals surface area contributed by atoms with Gasteiger partial charge in [-0.15, -0.1) is 0 Å². The molecule has 1 aliphatic heterocycles. The van der Waals surface area contributed by atoms with Gasteiger partial charge in [-0.25, -0.2) is 4.90 Å². The number of para-hydroxylation sites is 1. The highest BCUT2D eigenvalue weighted by atomic mass is 32.1. The Bertz CT molecular complexity index is 871. The van der Waals surface area contributed by atoms with E-state index in [1.54, 1.807) is 19.2 Å². The van der Waals surface area contributed by atoms with Crippen molar-refractivity contribution in [3.63, 3.8) is 0 Å². The first-order chi connectivity index (χ1) is 14.0. The third-order valence-electron chi connectivity index (χ3n) is 4.90. The van der Waals surface area contributed by atoms with Gasteiger partial charge < -0.3 is 15.0 Å². The molecule has 0 radical (unpaired) electrons. The van der Waals surface area contributed by atoms with E-state index in [0.717, 1.165) is 11.3 Å². The fourth-order valence-corrected chi connectivity index (χ4v) is 3.76. The summed E-state index contributed by atoms with van der Waals surface area (Å²) >= 11 is 5.53. The summed E-state index contributed by atoms with van der Waals surface area (Å²) in [7, 11) is 1.63. The minimum absolute atomic E-state index is 0.113. The van der Waals surface area contributed by atoms with Gasteiger partial charge in [-0.1, -0.05) is 30.3 Å². The van der Waals surface area contributed by atoms with Crippen molar-refractivity contribution in [1.82, 2.24) is 10.2 Å². The van der Waals surface area contributed by atoms with Gasteiger partial charge in [-0.05, 0) is 55.4 Å². The minimum atomic E-state index is -0.604. The average molecular weight is 412 g/mol. The van der Waals surface area contributed by atoms with Crippen molar-refractivity contribution >= 4 is 34.8 Å². The second-order valence-electron chi connectivity index (χ2n) is 6.75. The Labute approximate surface area is 176 Å². The smallest absolute Gasteiger partial charge is 0.257 e. The van der Waals surface area contributed by atoms with Crippen LogP contribution in [0.4, 0.5) is 5.69 Å². The minimum Gasteiger partial charge on any atom is -0.497 e. The number of nitrogens with one attached hydrogen (secondary N) is 1. The number of amides is 2. The van der Waals surface area contributed by atoms with Crippen molar-refractivity contribution in [2.24, 2.45) is 0 Å². The molecule has 1 fully saturated rings. The fraction of sp³-hybridized carbons (Fsp3) is 0.318. The first-order valence-electron chi connectivity index (χ1n) is 9.64. The molecule has 29 heavy (non-hydrogen) atoms. The molecule has 7 heteroatoms. The normalized spacial score (nSPS) is 16.1. The number of nitrogens with zero attached hydrogens (tertiary/aromatic N) is 2. The fourth-order valence-electron chi connectivity index (χ4n) is 3.40. The summed E-state index contributed by atoms with van der Waals surface area (Å²) in [6.45, 7) is 3.13. The Kier molecular flexibility index (Phi) is 6.82. The zero-order valence-electron chi connectivity index (χ0n) is 16.6. The molecule has 0 saturated carbocycles. The molecule has 1 N–H and O–H groups in total. The van der Waals surface area contributed by atoms with Gasteiger partial charge in [-0.2, -0.15) is 0 Å². The predicted octanol–water partition coefficient (Wildman–Crippen LogP) is 2.77. The zero-order valence-corrected chi connectivity index (χ0v) is 17.4. The van der Waals surface area contributed by atoms with Crippen LogP contribution in [0.3, 0.4) is 0 Å². The topological polar surface area (TPSA) is 61.9 Å². The molecule has 2 aromatic carbocycles. The SMILES string of the molecule is CCNC(=S)N(CCc1ccc(OC)cc1)[C@@H]1CC(=O)N(c2ccccc2)C1=O. The first kappa shape index (κ1) is 20.8. The van der Waals surface area contributed by atoms with Crippen molar-refractivity contribution in [2.45, 2.75) is 25.8 Å². The maximum atomic E-state index is 13.1. The number of imide groups is 1. The third-order valence-corrected chi connectivity index (χ3v) is 5.28. The molecule has 0 spiro atoms. The Hall–Kier alpha value is -2.93. The van der Waals surface area contributed by atoms with Crippen molar-refractivity contribution in [1.29, 1.82) is 0 Å².